The van der Waals surface area contributed by atoms with Crippen molar-refractivity contribution in [3.8, 4) is 0 Å². The number of amides is 2. The summed E-state index contributed by atoms with van der Waals surface area (Å²) in [6.45, 7) is 3.02. The first kappa shape index (κ1) is 25.3. The van der Waals surface area contributed by atoms with Gasteiger partial charge < -0.3 is 20.1 Å². The minimum absolute atomic E-state index is 0.00629. The molecule has 0 spiro atoms. The smallest absolute Gasteiger partial charge is 0.238 e. The van der Waals surface area contributed by atoms with Gasteiger partial charge in [-0.1, -0.05) is 6.92 Å². The monoisotopic (exact) mass is 486 g/mol. The van der Waals surface area contributed by atoms with Gasteiger partial charge in [-0.05, 0) is 63.0 Å². The molecule has 11 heteroatoms. The van der Waals surface area contributed by atoms with Crippen LogP contribution >= 0.6 is 0 Å². The fraction of sp³-hybridized carbons (Fsp3) is 0.348. The molecular formula is C23H30N6O4S. The third-order valence-electron chi connectivity index (χ3n) is 5.06. The van der Waals surface area contributed by atoms with E-state index in [1.54, 1.807) is 35.2 Å². The molecule has 10 nitrogen and oxygen atoms in total. The molecule has 182 valence electrons. The Bertz CT molecular complexity index is 1280. The molecule has 34 heavy (non-hydrogen) atoms. The van der Waals surface area contributed by atoms with Crippen molar-refractivity contribution in [3.05, 3.63) is 48.3 Å². The van der Waals surface area contributed by atoms with Gasteiger partial charge in [-0.25, -0.2) is 18.5 Å². The molecule has 0 radical (unpaired) electrons. The third kappa shape index (κ3) is 6.62. The van der Waals surface area contributed by atoms with Crippen LogP contribution in [0.4, 0.5) is 11.4 Å². The molecule has 0 aliphatic heterocycles. The first-order valence-electron chi connectivity index (χ1n) is 10.9. The number of benzene rings is 2. The van der Waals surface area contributed by atoms with Crippen molar-refractivity contribution in [2.75, 3.05) is 31.3 Å². The second kappa shape index (κ2) is 10.8. The number of rotatable bonds is 10. The number of aryl methyl sites for hydroxylation is 2. The third-order valence-corrected chi connectivity index (χ3v) is 5.97. The van der Waals surface area contributed by atoms with Gasteiger partial charge in [-0.2, -0.15) is 0 Å². The second-order valence-corrected chi connectivity index (χ2v) is 9.85. The number of sulfonamides is 1. The molecule has 0 fully saturated rings. The minimum atomic E-state index is -3.82. The fourth-order valence-corrected chi connectivity index (χ4v) is 4.11. The van der Waals surface area contributed by atoms with E-state index < -0.39 is 10.0 Å². The number of nitrogens with zero attached hydrogens (tertiary/aromatic N) is 3. The lowest BCUT2D eigenvalue weighted by Gasteiger charge is -2.11. The Morgan fingerprint density at radius 1 is 1.03 bits per heavy atom. The number of nitrogens with one attached hydrogen (secondary N) is 2. The zero-order valence-corrected chi connectivity index (χ0v) is 20.4. The average Bonchev–Trinajstić information content (AvgIpc) is 3.09. The molecule has 3 aromatic rings. The van der Waals surface area contributed by atoms with Crippen molar-refractivity contribution >= 4 is 44.2 Å². The van der Waals surface area contributed by atoms with E-state index in [0.29, 0.717) is 35.7 Å². The first-order valence-corrected chi connectivity index (χ1v) is 12.5. The number of hydrogen-bond acceptors (Lipinski definition) is 6. The zero-order valence-electron chi connectivity index (χ0n) is 19.5. The van der Waals surface area contributed by atoms with Crippen molar-refractivity contribution in [2.24, 2.45) is 5.14 Å². The van der Waals surface area contributed by atoms with Gasteiger partial charge in [0.2, 0.25) is 21.8 Å². The van der Waals surface area contributed by atoms with Gasteiger partial charge in [0.1, 0.15) is 5.82 Å². The molecule has 2 aromatic carbocycles. The number of carbonyl (C=O) groups excluding carboxylic acids is 2. The second-order valence-electron chi connectivity index (χ2n) is 8.29. The summed E-state index contributed by atoms with van der Waals surface area (Å²) in [5.41, 5.74) is 2.60. The van der Waals surface area contributed by atoms with Crippen LogP contribution in [0, 0.1) is 0 Å². The molecule has 0 unspecified atom stereocenters. The molecular weight excluding hydrogens is 456 g/mol. The van der Waals surface area contributed by atoms with E-state index in [9.17, 15) is 18.0 Å². The quantitative estimate of drug-likeness (QED) is 0.401. The average molecular weight is 487 g/mol. The summed E-state index contributed by atoms with van der Waals surface area (Å²) in [7, 11) is -0.191. The Morgan fingerprint density at radius 3 is 2.21 bits per heavy atom. The molecule has 0 aliphatic rings. The van der Waals surface area contributed by atoms with Crippen LogP contribution in [-0.4, -0.2) is 55.3 Å². The van der Waals surface area contributed by atoms with Crippen LogP contribution in [0.25, 0.3) is 11.0 Å². The van der Waals surface area contributed by atoms with Crippen molar-refractivity contribution in [1.82, 2.24) is 14.5 Å². The summed E-state index contributed by atoms with van der Waals surface area (Å²) >= 11 is 0. The van der Waals surface area contributed by atoms with E-state index in [1.165, 1.54) is 12.1 Å². The fourth-order valence-electron chi connectivity index (χ4n) is 3.57. The number of carbonyl (C=O) groups is 2. The number of primary sulfonamides is 1. The summed E-state index contributed by atoms with van der Waals surface area (Å²) in [6.07, 6.45) is 1.46. The number of imidazole rings is 1. The van der Waals surface area contributed by atoms with Crippen molar-refractivity contribution in [3.63, 3.8) is 0 Å². The molecule has 4 N–H and O–H groups in total. The highest BCUT2D eigenvalue weighted by Gasteiger charge is 2.15. The molecule has 0 saturated carbocycles. The van der Waals surface area contributed by atoms with Crippen molar-refractivity contribution in [1.29, 1.82) is 0 Å². The summed E-state index contributed by atoms with van der Waals surface area (Å²) in [4.78, 5) is 30.7. The highest BCUT2D eigenvalue weighted by Crippen LogP contribution is 2.22. The number of nitrogens with two attached hydrogens (primary N) is 1. The topological polar surface area (TPSA) is 139 Å². The first-order chi connectivity index (χ1) is 16.1. The molecule has 0 atom stereocenters. The standard InChI is InChI=1S/C23H30N6O4S/c1-4-13-29-20-10-9-18(34(24,32)33)14-19(20)27-21(29)11-12-22(30)25-16-5-7-17(8-6-16)26-23(31)15-28(2)3/h5-10,14H,4,11-13,15H2,1-3H3,(H,25,30)(H,26,31)(H2,24,32,33). The number of fused-ring (bicyclic) bond motifs is 1. The number of hydrogen-bond donors (Lipinski definition) is 3. The van der Waals surface area contributed by atoms with Crippen molar-refractivity contribution < 1.29 is 18.0 Å². The van der Waals surface area contributed by atoms with E-state index in [1.807, 2.05) is 25.6 Å². The van der Waals surface area contributed by atoms with Gasteiger partial charge in [0, 0.05) is 30.8 Å². The van der Waals surface area contributed by atoms with Crippen LogP contribution in [0.2, 0.25) is 0 Å². The van der Waals surface area contributed by atoms with Crippen LogP contribution in [0.15, 0.2) is 47.4 Å². The number of aromatic nitrogens is 2. The van der Waals surface area contributed by atoms with E-state index in [0.717, 1.165) is 11.9 Å². The molecule has 0 aliphatic carbocycles. The summed E-state index contributed by atoms with van der Waals surface area (Å²) in [5.74, 6) is 0.412. The maximum Gasteiger partial charge on any atom is 0.238 e. The molecule has 0 saturated heterocycles. The van der Waals surface area contributed by atoms with E-state index in [2.05, 4.69) is 15.6 Å². The minimum Gasteiger partial charge on any atom is -0.328 e. The SMILES string of the molecule is CCCn1c(CCC(=O)Nc2ccc(NC(=O)CN(C)C)cc2)nc2cc(S(N)(=O)=O)ccc21. The lowest BCUT2D eigenvalue weighted by Crippen LogP contribution is -2.27. The Hall–Kier alpha value is -3.28. The Morgan fingerprint density at radius 2 is 1.65 bits per heavy atom. The summed E-state index contributed by atoms with van der Waals surface area (Å²) < 4.78 is 25.3. The molecule has 1 heterocycles. The lowest BCUT2D eigenvalue weighted by molar-refractivity contribution is -0.117. The van der Waals surface area contributed by atoms with Crippen LogP contribution in [0.1, 0.15) is 25.6 Å². The summed E-state index contributed by atoms with van der Waals surface area (Å²) in [5, 5.41) is 10.9. The predicted molar refractivity (Wildman–Crippen MR) is 132 cm³/mol. The number of likely N-dealkylation sites (N-methyl/N-ethyl adjacent to an activating group) is 1. The van der Waals surface area contributed by atoms with Crippen LogP contribution < -0.4 is 15.8 Å². The van der Waals surface area contributed by atoms with Gasteiger partial charge in [-0.15, -0.1) is 0 Å². The van der Waals surface area contributed by atoms with Gasteiger partial charge in [0.15, 0.2) is 0 Å². The normalized spacial score (nSPS) is 11.7. The molecule has 2 amide bonds. The lowest BCUT2D eigenvalue weighted by atomic mass is 10.2. The van der Waals surface area contributed by atoms with E-state index >= 15 is 0 Å². The predicted octanol–water partition coefficient (Wildman–Crippen LogP) is 2.17. The highest BCUT2D eigenvalue weighted by molar-refractivity contribution is 7.89. The molecule has 3 rings (SSSR count). The highest BCUT2D eigenvalue weighted by atomic mass is 32.2. The number of anilines is 2. The van der Waals surface area contributed by atoms with Crippen molar-refractivity contribution in [2.45, 2.75) is 37.6 Å². The van der Waals surface area contributed by atoms with Crippen LogP contribution in [-0.2, 0) is 32.6 Å². The Labute approximate surface area is 199 Å². The van der Waals surface area contributed by atoms with Crippen LogP contribution in [0.3, 0.4) is 0 Å². The largest absolute Gasteiger partial charge is 0.328 e. The van der Waals surface area contributed by atoms with Gasteiger partial charge in [-0.3, -0.25) is 9.59 Å². The molecule has 0 bridgehead atoms. The maximum atomic E-state index is 12.5. The summed E-state index contributed by atoms with van der Waals surface area (Å²) in [6, 6.07) is 11.5. The van der Waals surface area contributed by atoms with Gasteiger partial charge in [0.25, 0.3) is 0 Å². The zero-order chi connectivity index (χ0) is 24.9. The Balaban J connectivity index is 1.65. The maximum absolute atomic E-state index is 12.5. The van der Waals surface area contributed by atoms with Gasteiger partial charge >= 0.3 is 0 Å². The molecule has 1 aromatic heterocycles. The van der Waals surface area contributed by atoms with Crippen LogP contribution in [0.5, 0.6) is 0 Å². The van der Waals surface area contributed by atoms with E-state index in [-0.39, 0.29) is 29.7 Å². The van der Waals surface area contributed by atoms with E-state index in [4.69, 9.17) is 5.14 Å². The Kier molecular flexibility index (Phi) is 8.02. The van der Waals surface area contributed by atoms with Gasteiger partial charge in [0.05, 0.1) is 22.5 Å².